The lowest BCUT2D eigenvalue weighted by molar-refractivity contribution is -0.139. The van der Waals surface area contributed by atoms with E-state index in [1.165, 1.54) is 0 Å². The summed E-state index contributed by atoms with van der Waals surface area (Å²) in [4.78, 5) is 28.5. The Hall–Kier alpha value is -2.09. The Morgan fingerprint density at radius 3 is 2.68 bits per heavy atom. The van der Waals surface area contributed by atoms with E-state index in [1.54, 1.807) is 4.90 Å². The van der Waals surface area contributed by atoms with Crippen LogP contribution in [0, 0.1) is 5.92 Å². The van der Waals surface area contributed by atoms with Gasteiger partial charge in [-0.05, 0) is 18.8 Å². The highest BCUT2D eigenvalue weighted by molar-refractivity contribution is 5.90. The van der Waals surface area contributed by atoms with Crippen LogP contribution in [0.4, 0.5) is 5.82 Å². The molecule has 0 radical (unpaired) electrons. The van der Waals surface area contributed by atoms with Crippen LogP contribution in [0.3, 0.4) is 0 Å². The zero-order valence-corrected chi connectivity index (χ0v) is 14.9. The predicted molar refractivity (Wildman–Crippen MR) is 93.1 cm³/mol. The molecule has 8 nitrogen and oxygen atoms in total. The van der Waals surface area contributed by atoms with Crippen molar-refractivity contribution in [3.63, 3.8) is 0 Å². The predicted octanol–water partition coefficient (Wildman–Crippen LogP) is 0.300. The van der Waals surface area contributed by atoms with Gasteiger partial charge in [0.05, 0.1) is 0 Å². The Balaban J connectivity index is 1.80. The first-order valence-electron chi connectivity index (χ1n) is 9.01. The van der Waals surface area contributed by atoms with E-state index in [0.29, 0.717) is 18.7 Å². The summed E-state index contributed by atoms with van der Waals surface area (Å²) in [6.07, 6.45) is 1.43. The second kappa shape index (κ2) is 7.43. The van der Waals surface area contributed by atoms with E-state index in [2.05, 4.69) is 15.4 Å². The number of nitrogens with zero attached hydrogens (tertiary/aromatic N) is 3. The van der Waals surface area contributed by atoms with Crippen LogP contribution in [0.5, 0.6) is 0 Å². The van der Waals surface area contributed by atoms with Gasteiger partial charge in [0.2, 0.25) is 11.8 Å². The fraction of sp³-hybridized carbons (Fsp3) is 0.706. The molecule has 1 aromatic heterocycles. The number of amides is 2. The lowest BCUT2D eigenvalue weighted by Crippen LogP contribution is -2.46. The molecular formula is C17H27N5O3. The minimum atomic E-state index is -0.510. The van der Waals surface area contributed by atoms with E-state index < -0.39 is 17.9 Å². The number of primary amides is 1. The van der Waals surface area contributed by atoms with Gasteiger partial charge in [0.25, 0.3) is 0 Å². The van der Waals surface area contributed by atoms with Crippen molar-refractivity contribution in [2.75, 3.05) is 37.6 Å². The minimum Gasteiger partial charge on any atom is -0.368 e. The van der Waals surface area contributed by atoms with Crippen LogP contribution in [-0.2, 0) is 9.59 Å². The third-order valence-electron chi connectivity index (χ3n) is 5.06. The van der Waals surface area contributed by atoms with Gasteiger partial charge < -0.3 is 25.4 Å². The van der Waals surface area contributed by atoms with Crippen molar-refractivity contribution in [3.8, 4) is 0 Å². The maximum atomic E-state index is 13.1. The summed E-state index contributed by atoms with van der Waals surface area (Å²) in [6, 6.07) is 1.35. The van der Waals surface area contributed by atoms with Crippen molar-refractivity contribution in [3.05, 3.63) is 11.8 Å². The van der Waals surface area contributed by atoms with Gasteiger partial charge >= 0.3 is 0 Å². The zero-order valence-electron chi connectivity index (χ0n) is 14.9. The number of carbonyl (C=O) groups is 2. The van der Waals surface area contributed by atoms with Gasteiger partial charge in [0, 0.05) is 38.8 Å². The molecule has 2 fully saturated rings. The number of nitrogens with two attached hydrogens (primary N) is 1. The number of anilines is 1. The second-order valence-electron chi connectivity index (χ2n) is 7.14. The van der Waals surface area contributed by atoms with Crippen molar-refractivity contribution >= 4 is 17.6 Å². The number of carbonyl (C=O) groups excluding carboxylic acids is 2. The van der Waals surface area contributed by atoms with Crippen molar-refractivity contribution in [2.45, 2.75) is 38.6 Å². The molecule has 3 rings (SSSR count). The first-order chi connectivity index (χ1) is 12.0. The molecule has 3 heterocycles. The number of piperazine rings is 1. The Bertz CT molecular complexity index is 624. The van der Waals surface area contributed by atoms with E-state index in [4.69, 9.17) is 10.3 Å². The Morgan fingerprint density at radius 2 is 2.04 bits per heavy atom. The summed E-state index contributed by atoms with van der Waals surface area (Å²) in [5.41, 5.74) is 5.46. The van der Waals surface area contributed by atoms with Crippen LogP contribution in [0.2, 0.25) is 0 Å². The average Bonchev–Trinajstić information content (AvgIpc) is 3.25. The van der Waals surface area contributed by atoms with Crippen LogP contribution in [0.15, 0.2) is 10.6 Å². The summed E-state index contributed by atoms with van der Waals surface area (Å²) in [5.74, 6) is 0.368. The number of hydrogen-bond donors (Lipinski definition) is 2. The average molecular weight is 349 g/mol. The minimum absolute atomic E-state index is 0.0328. The van der Waals surface area contributed by atoms with Gasteiger partial charge in [-0.1, -0.05) is 19.0 Å². The topological polar surface area (TPSA) is 105 Å². The highest BCUT2D eigenvalue weighted by Crippen LogP contribution is 2.32. The van der Waals surface area contributed by atoms with Crippen molar-refractivity contribution in [1.82, 2.24) is 15.4 Å². The van der Waals surface area contributed by atoms with E-state index in [-0.39, 0.29) is 11.8 Å². The van der Waals surface area contributed by atoms with Gasteiger partial charge in [0.15, 0.2) is 11.6 Å². The summed E-state index contributed by atoms with van der Waals surface area (Å²) in [5, 5.41) is 7.47. The maximum absolute atomic E-state index is 13.1. The molecule has 0 saturated carbocycles. The second-order valence-corrected chi connectivity index (χ2v) is 7.14. The van der Waals surface area contributed by atoms with Crippen LogP contribution in [-0.4, -0.2) is 60.6 Å². The molecule has 138 valence electrons. The number of hydrogen-bond acceptors (Lipinski definition) is 6. The fourth-order valence-corrected chi connectivity index (χ4v) is 3.71. The van der Waals surface area contributed by atoms with Gasteiger partial charge in [0.1, 0.15) is 12.0 Å². The zero-order chi connectivity index (χ0) is 18.0. The molecule has 0 aromatic carbocycles. The van der Waals surface area contributed by atoms with Crippen molar-refractivity contribution in [1.29, 1.82) is 0 Å². The van der Waals surface area contributed by atoms with Crippen LogP contribution in [0.1, 0.15) is 38.4 Å². The standard InChI is InChI=1S/C17H27N5O3/c1-11(2)15(17(24)22-7-3-4-12(22)16(18)23)13-10-14(20-25-13)21-8-5-19-6-9-21/h10-12,15,19H,3-9H2,1-2H3,(H2,18,23)/t12?,15-/m1/s1. The number of rotatable bonds is 5. The molecule has 1 unspecified atom stereocenters. The molecule has 25 heavy (non-hydrogen) atoms. The molecule has 0 bridgehead atoms. The van der Waals surface area contributed by atoms with Gasteiger partial charge in [-0.3, -0.25) is 9.59 Å². The lowest BCUT2D eigenvalue weighted by Gasteiger charge is -2.28. The monoisotopic (exact) mass is 349 g/mol. The third-order valence-corrected chi connectivity index (χ3v) is 5.06. The molecule has 2 saturated heterocycles. The molecule has 1 aromatic rings. The molecule has 8 heteroatoms. The lowest BCUT2D eigenvalue weighted by atomic mass is 9.91. The van der Waals surface area contributed by atoms with Crippen molar-refractivity contribution < 1.29 is 14.1 Å². The van der Waals surface area contributed by atoms with E-state index >= 15 is 0 Å². The SMILES string of the molecule is CC(C)[C@@H](C(=O)N1CCCC1C(N)=O)c1cc(N2CCNCC2)no1. The van der Waals surface area contributed by atoms with E-state index in [0.717, 1.165) is 38.4 Å². The molecular weight excluding hydrogens is 322 g/mol. The molecule has 2 aliphatic rings. The molecule has 0 spiro atoms. The first-order valence-corrected chi connectivity index (χ1v) is 9.01. The van der Waals surface area contributed by atoms with Crippen LogP contribution < -0.4 is 16.0 Å². The van der Waals surface area contributed by atoms with Gasteiger partial charge in [-0.15, -0.1) is 0 Å². The summed E-state index contributed by atoms with van der Waals surface area (Å²) in [7, 11) is 0. The quantitative estimate of drug-likeness (QED) is 0.792. The van der Waals surface area contributed by atoms with Crippen molar-refractivity contribution in [2.24, 2.45) is 11.7 Å². The van der Waals surface area contributed by atoms with Crippen LogP contribution in [0.25, 0.3) is 0 Å². The molecule has 2 atom stereocenters. The summed E-state index contributed by atoms with van der Waals surface area (Å²) < 4.78 is 5.54. The number of aromatic nitrogens is 1. The fourth-order valence-electron chi connectivity index (χ4n) is 3.71. The third kappa shape index (κ3) is 3.63. The Morgan fingerprint density at radius 1 is 1.32 bits per heavy atom. The summed E-state index contributed by atoms with van der Waals surface area (Å²) in [6.45, 7) is 8.06. The molecule has 0 aliphatic carbocycles. The Labute approximate surface area is 147 Å². The smallest absolute Gasteiger partial charge is 0.240 e. The van der Waals surface area contributed by atoms with Gasteiger partial charge in [-0.2, -0.15) is 0 Å². The number of nitrogens with one attached hydrogen (secondary N) is 1. The van der Waals surface area contributed by atoms with E-state index in [9.17, 15) is 9.59 Å². The molecule has 2 aliphatic heterocycles. The highest BCUT2D eigenvalue weighted by Gasteiger charge is 2.39. The summed E-state index contributed by atoms with van der Waals surface area (Å²) >= 11 is 0. The largest absolute Gasteiger partial charge is 0.368 e. The first kappa shape index (κ1) is 17.7. The molecule has 2 amide bonds. The normalized spacial score (nSPS) is 22.4. The maximum Gasteiger partial charge on any atom is 0.240 e. The van der Waals surface area contributed by atoms with Gasteiger partial charge in [-0.25, -0.2) is 0 Å². The molecule has 3 N–H and O–H groups in total. The van der Waals surface area contributed by atoms with E-state index in [1.807, 2.05) is 19.9 Å². The number of likely N-dealkylation sites (tertiary alicyclic amines) is 1. The Kier molecular flexibility index (Phi) is 5.27. The highest BCUT2D eigenvalue weighted by atomic mass is 16.5. The van der Waals surface area contributed by atoms with Crippen LogP contribution >= 0.6 is 0 Å².